The van der Waals surface area contributed by atoms with Gasteiger partial charge in [-0.05, 0) is 25.2 Å². The van der Waals surface area contributed by atoms with Crippen LogP contribution in [0.4, 0.5) is 0 Å². The number of H-pyrrole nitrogens is 1. The second kappa shape index (κ2) is 3.65. The van der Waals surface area contributed by atoms with Gasteiger partial charge in [0.15, 0.2) is 5.82 Å². The second-order valence-corrected chi connectivity index (χ2v) is 4.43. The molecule has 2 unspecified atom stereocenters. The minimum absolute atomic E-state index is 0.349. The highest BCUT2D eigenvalue weighted by atomic mass is 15.5. The number of aromatic nitrogens is 4. The minimum atomic E-state index is -0.349. The highest BCUT2D eigenvalue weighted by molar-refractivity contribution is 5.02. The maximum Gasteiger partial charge on any atom is 0.194 e. The summed E-state index contributed by atoms with van der Waals surface area (Å²) < 4.78 is 0. The molecular formula is C9H17N5. The second-order valence-electron chi connectivity index (χ2n) is 4.43. The first-order chi connectivity index (χ1) is 6.71. The Morgan fingerprint density at radius 3 is 3.00 bits per heavy atom. The van der Waals surface area contributed by atoms with Gasteiger partial charge in [0.2, 0.25) is 0 Å². The van der Waals surface area contributed by atoms with E-state index >= 15 is 0 Å². The summed E-state index contributed by atoms with van der Waals surface area (Å²) in [6, 6.07) is 0. The molecule has 0 radical (unpaired) electrons. The van der Waals surface area contributed by atoms with Crippen LogP contribution >= 0.6 is 0 Å². The first-order valence-electron chi connectivity index (χ1n) is 5.23. The van der Waals surface area contributed by atoms with E-state index in [-0.39, 0.29) is 5.54 Å². The van der Waals surface area contributed by atoms with E-state index in [1.54, 1.807) is 0 Å². The summed E-state index contributed by atoms with van der Waals surface area (Å²) in [6.45, 7) is 2.28. The van der Waals surface area contributed by atoms with Crippen LogP contribution in [0.2, 0.25) is 0 Å². The van der Waals surface area contributed by atoms with E-state index in [9.17, 15) is 0 Å². The van der Waals surface area contributed by atoms with E-state index in [1.165, 1.54) is 6.42 Å². The van der Waals surface area contributed by atoms with E-state index in [0.717, 1.165) is 31.6 Å². The molecule has 2 atom stereocenters. The van der Waals surface area contributed by atoms with Crippen molar-refractivity contribution < 1.29 is 0 Å². The van der Waals surface area contributed by atoms with Crippen LogP contribution in [-0.2, 0) is 5.54 Å². The number of hydrogen-bond donors (Lipinski definition) is 2. The molecule has 0 aromatic carbocycles. The van der Waals surface area contributed by atoms with Crippen LogP contribution in [0.3, 0.4) is 0 Å². The molecule has 0 aliphatic heterocycles. The molecule has 78 valence electrons. The standard InChI is InChI=1S/C9H17N5/c1-7-3-2-5-9(10,6-4-7)8-11-13-14-12-8/h7H,2-6,10H2,1H3,(H,11,12,13,14). The number of tetrazole rings is 1. The Bertz CT molecular complexity index is 283. The first kappa shape index (κ1) is 9.58. The van der Waals surface area contributed by atoms with Crippen LogP contribution in [0.5, 0.6) is 0 Å². The maximum absolute atomic E-state index is 6.30. The summed E-state index contributed by atoms with van der Waals surface area (Å²) in [5.41, 5.74) is 5.95. The van der Waals surface area contributed by atoms with Gasteiger partial charge in [0.25, 0.3) is 0 Å². The number of rotatable bonds is 1. The molecule has 0 amide bonds. The van der Waals surface area contributed by atoms with Gasteiger partial charge in [-0.15, -0.1) is 10.2 Å². The number of hydrogen-bond acceptors (Lipinski definition) is 4. The van der Waals surface area contributed by atoms with Crippen molar-refractivity contribution in [1.29, 1.82) is 0 Å². The fourth-order valence-electron chi connectivity index (χ4n) is 2.14. The van der Waals surface area contributed by atoms with Crippen LogP contribution in [0, 0.1) is 5.92 Å². The highest BCUT2D eigenvalue weighted by Gasteiger charge is 2.33. The SMILES string of the molecule is CC1CCCC(N)(c2nn[nH]n2)CC1. The average Bonchev–Trinajstić information content (AvgIpc) is 2.63. The monoisotopic (exact) mass is 195 g/mol. The normalized spacial score (nSPS) is 34.0. The summed E-state index contributed by atoms with van der Waals surface area (Å²) in [6.07, 6.45) is 5.51. The predicted molar refractivity (Wildman–Crippen MR) is 52.3 cm³/mol. The van der Waals surface area contributed by atoms with Gasteiger partial charge >= 0.3 is 0 Å². The molecule has 1 aliphatic rings. The molecule has 1 fully saturated rings. The Balaban J connectivity index is 2.15. The van der Waals surface area contributed by atoms with Crippen LogP contribution in [0.15, 0.2) is 0 Å². The van der Waals surface area contributed by atoms with Crippen molar-refractivity contribution in [3.05, 3.63) is 5.82 Å². The zero-order chi connectivity index (χ0) is 10.0. The van der Waals surface area contributed by atoms with Crippen molar-refractivity contribution in [1.82, 2.24) is 20.6 Å². The molecule has 3 N–H and O–H groups in total. The van der Waals surface area contributed by atoms with E-state index < -0.39 is 0 Å². The van der Waals surface area contributed by atoms with Crippen LogP contribution in [0.1, 0.15) is 44.9 Å². The molecule has 0 saturated heterocycles. The van der Waals surface area contributed by atoms with Crippen molar-refractivity contribution in [3.8, 4) is 0 Å². The third-order valence-corrected chi connectivity index (χ3v) is 3.19. The molecule has 14 heavy (non-hydrogen) atoms. The molecular weight excluding hydrogens is 178 g/mol. The summed E-state index contributed by atoms with van der Waals surface area (Å²) >= 11 is 0. The van der Waals surface area contributed by atoms with Gasteiger partial charge in [-0.3, -0.25) is 0 Å². The van der Waals surface area contributed by atoms with Crippen LogP contribution < -0.4 is 5.73 Å². The Hall–Kier alpha value is -0.970. The predicted octanol–water partition coefficient (Wildman–Crippen LogP) is 0.954. The van der Waals surface area contributed by atoms with Crippen LogP contribution in [-0.4, -0.2) is 20.6 Å². The van der Waals surface area contributed by atoms with E-state index in [1.807, 2.05) is 0 Å². The summed E-state index contributed by atoms with van der Waals surface area (Å²) in [4.78, 5) is 0. The fraction of sp³-hybridized carbons (Fsp3) is 0.889. The summed E-state index contributed by atoms with van der Waals surface area (Å²) in [7, 11) is 0. The lowest BCUT2D eigenvalue weighted by Gasteiger charge is -2.23. The van der Waals surface area contributed by atoms with Gasteiger partial charge in [0.05, 0.1) is 5.54 Å². The van der Waals surface area contributed by atoms with Gasteiger partial charge in [-0.25, -0.2) is 0 Å². The Kier molecular flexibility index (Phi) is 2.50. The zero-order valence-corrected chi connectivity index (χ0v) is 8.53. The number of nitrogens with two attached hydrogens (primary N) is 1. The van der Waals surface area contributed by atoms with Gasteiger partial charge in [0, 0.05) is 0 Å². The number of nitrogens with one attached hydrogen (secondary N) is 1. The van der Waals surface area contributed by atoms with Crippen LogP contribution in [0.25, 0.3) is 0 Å². The minimum Gasteiger partial charge on any atom is -0.319 e. The molecule has 5 nitrogen and oxygen atoms in total. The lowest BCUT2D eigenvalue weighted by Crippen LogP contribution is -2.37. The van der Waals surface area contributed by atoms with Crippen molar-refractivity contribution >= 4 is 0 Å². The number of aromatic amines is 1. The Morgan fingerprint density at radius 2 is 2.29 bits per heavy atom. The average molecular weight is 195 g/mol. The zero-order valence-electron chi connectivity index (χ0n) is 8.53. The van der Waals surface area contributed by atoms with Crippen molar-refractivity contribution in [2.75, 3.05) is 0 Å². The Labute approximate surface area is 83.5 Å². The van der Waals surface area contributed by atoms with Crippen molar-refractivity contribution in [2.45, 2.75) is 44.6 Å². The molecule has 1 saturated carbocycles. The maximum atomic E-state index is 6.30. The highest BCUT2D eigenvalue weighted by Crippen LogP contribution is 2.33. The van der Waals surface area contributed by atoms with Gasteiger partial charge in [0.1, 0.15) is 0 Å². The summed E-state index contributed by atoms with van der Waals surface area (Å²) in [5, 5.41) is 14.1. The number of nitrogens with zero attached hydrogens (tertiary/aromatic N) is 3. The molecule has 0 bridgehead atoms. The molecule has 1 aliphatic carbocycles. The van der Waals surface area contributed by atoms with E-state index in [0.29, 0.717) is 5.82 Å². The fourth-order valence-corrected chi connectivity index (χ4v) is 2.14. The summed E-state index contributed by atoms with van der Waals surface area (Å²) in [5.74, 6) is 1.44. The van der Waals surface area contributed by atoms with E-state index in [4.69, 9.17) is 5.73 Å². The lowest BCUT2D eigenvalue weighted by atomic mass is 9.90. The molecule has 1 aromatic heterocycles. The molecule has 5 heteroatoms. The molecule has 2 rings (SSSR count). The van der Waals surface area contributed by atoms with Crippen molar-refractivity contribution in [3.63, 3.8) is 0 Å². The largest absolute Gasteiger partial charge is 0.319 e. The third kappa shape index (κ3) is 1.77. The molecule has 0 spiro atoms. The third-order valence-electron chi connectivity index (χ3n) is 3.19. The van der Waals surface area contributed by atoms with Gasteiger partial charge in [-0.1, -0.05) is 25.0 Å². The van der Waals surface area contributed by atoms with Gasteiger partial charge < -0.3 is 5.73 Å². The lowest BCUT2D eigenvalue weighted by molar-refractivity contribution is 0.357. The topological polar surface area (TPSA) is 80.5 Å². The quantitative estimate of drug-likeness (QED) is 0.654. The molecule has 1 heterocycles. The smallest absolute Gasteiger partial charge is 0.194 e. The van der Waals surface area contributed by atoms with Crippen molar-refractivity contribution in [2.24, 2.45) is 11.7 Å². The molecule has 1 aromatic rings. The van der Waals surface area contributed by atoms with E-state index in [2.05, 4.69) is 27.5 Å². The van der Waals surface area contributed by atoms with Gasteiger partial charge in [-0.2, -0.15) is 5.21 Å². The Morgan fingerprint density at radius 1 is 1.43 bits per heavy atom. The first-order valence-corrected chi connectivity index (χ1v) is 5.23.